The molecular weight excluding hydrogens is 424 g/mol. The number of sulfonamides is 1. The van der Waals surface area contributed by atoms with Crippen molar-refractivity contribution in [3.63, 3.8) is 0 Å². The Morgan fingerprint density at radius 1 is 0.969 bits per heavy atom. The van der Waals surface area contributed by atoms with Gasteiger partial charge in [0.05, 0.1) is 22.0 Å². The zero-order valence-electron chi connectivity index (χ0n) is 17.8. The fraction of sp³-hybridized carbons (Fsp3) is 0.167. The van der Waals surface area contributed by atoms with E-state index in [2.05, 4.69) is 15.3 Å². The number of para-hydroxylation sites is 2. The van der Waals surface area contributed by atoms with E-state index in [-0.39, 0.29) is 16.8 Å². The average molecular weight is 449 g/mol. The number of fused-ring (bicyclic) bond motifs is 1. The van der Waals surface area contributed by atoms with E-state index < -0.39 is 10.0 Å². The Balaban J connectivity index is 1.61. The Morgan fingerprint density at radius 2 is 1.62 bits per heavy atom. The molecule has 2 N–H and O–H groups in total. The minimum Gasteiger partial charge on any atom is -0.342 e. The number of hydrogen-bond acceptors (Lipinski definition) is 4. The van der Waals surface area contributed by atoms with Crippen molar-refractivity contribution >= 4 is 27.0 Å². The fourth-order valence-electron chi connectivity index (χ4n) is 3.43. The minimum atomic E-state index is -3.55. The summed E-state index contributed by atoms with van der Waals surface area (Å²) in [5.74, 6) is 0.357. The lowest BCUT2D eigenvalue weighted by atomic mass is 10.0. The monoisotopic (exact) mass is 448 g/mol. The number of imidazole rings is 1. The van der Waals surface area contributed by atoms with Crippen LogP contribution >= 0.6 is 0 Å². The second-order valence-electron chi connectivity index (χ2n) is 7.67. The van der Waals surface area contributed by atoms with Crippen LogP contribution in [0.2, 0.25) is 0 Å². The largest absolute Gasteiger partial charge is 0.342 e. The molecule has 4 rings (SSSR count). The van der Waals surface area contributed by atoms with Gasteiger partial charge < -0.3 is 10.3 Å². The summed E-state index contributed by atoms with van der Waals surface area (Å²) in [4.78, 5) is 21.1. The van der Waals surface area contributed by atoms with Crippen molar-refractivity contribution in [2.75, 3.05) is 14.1 Å². The van der Waals surface area contributed by atoms with E-state index in [4.69, 9.17) is 0 Å². The first-order valence-electron chi connectivity index (χ1n) is 10.2. The highest BCUT2D eigenvalue weighted by atomic mass is 32.2. The standard InChI is InChI=1S/C24H24N4O3S/c1-28(2)32(30,31)19-14-12-18(13-15-19)24(29)27-22(16-17-8-4-3-5-9-17)23-25-20-10-6-7-11-21(20)26-23/h3-15,22H,16H2,1-2H3,(H,25,26)(H,27,29)/t22-/m0/s1. The van der Waals surface area contributed by atoms with Crippen molar-refractivity contribution in [2.45, 2.75) is 17.4 Å². The molecule has 0 aliphatic rings. The molecule has 164 valence electrons. The normalized spacial score (nSPS) is 12.7. The Labute approximate surface area is 187 Å². The zero-order chi connectivity index (χ0) is 22.7. The molecule has 1 aromatic heterocycles. The summed E-state index contributed by atoms with van der Waals surface area (Å²) in [6.45, 7) is 0. The lowest BCUT2D eigenvalue weighted by Crippen LogP contribution is -2.31. The van der Waals surface area contributed by atoms with Gasteiger partial charge in [0.1, 0.15) is 5.82 Å². The fourth-order valence-corrected chi connectivity index (χ4v) is 4.34. The van der Waals surface area contributed by atoms with Gasteiger partial charge in [-0.25, -0.2) is 17.7 Å². The van der Waals surface area contributed by atoms with Crippen LogP contribution in [0, 0.1) is 0 Å². The Kier molecular flexibility index (Phi) is 6.07. The molecule has 0 radical (unpaired) electrons. The Bertz CT molecular complexity index is 1300. The molecule has 0 unspecified atom stereocenters. The van der Waals surface area contributed by atoms with Crippen LogP contribution in [-0.2, 0) is 16.4 Å². The first-order valence-corrected chi connectivity index (χ1v) is 11.6. The van der Waals surface area contributed by atoms with Gasteiger partial charge in [-0.05, 0) is 48.4 Å². The summed E-state index contributed by atoms with van der Waals surface area (Å²) in [6, 6.07) is 23.1. The smallest absolute Gasteiger partial charge is 0.251 e. The van der Waals surface area contributed by atoms with Crippen LogP contribution in [0.15, 0.2) is 83.8 Å². The maximum atomic E-state index is 13.0. The van der Waals surface area contributed by atoms with Gasteiger partial charge in [0.2, 0.25) is 10.0 Å². The summed E-state index contributed by atoms with van der Waals surface area (Å²) in [5.41, 5.74) is 3.16. The molecule has 7 nitrogen and oxygen atoms in total. The van der Waals surface area contributed by atoms with Crippen LogP contribution in [-0.4, -0.2) is 42.7 Å². The second-order valence-corrected chi connectivity index (χ2v) is 9.82. The summed E-state index contributed by atoms with van der Waals surface area (Å²) in [7, 11) is -0.615. The molecular formula is C24H24N4O3S. The predicted molar refractivity (Wildman–Crippen MR) is 124 cm³/mol. The van der Waals surface area contributed by atoms with Crippen molar-refractivity contribution in [1.82, 2.24) is 19.6 Å². The molecule has 0 spiro atoms. The number of rotatable bonds is 7. The van der Waals surface area contributed by atoms with Crippen LogP contribution in [0.4, 0.5) is 0 Å². The quantitative estimate of drug-likeness (QED) is 0.452. The molecule has 8 heteroatoms. The third-order valence-corrected chi connectivity index (χ3v) is 7.05. The molecule has 4 aromatic rings. The second kappa shape index (κ2) is 8.94. The molecule has 3 aromatic carbocycles. The number of nitrogens with one attached hydrogen (secondary N) is 2. The van der Waals surface area contributed by atoms with Crippen molar-refractivity contribution in [3.8, 4) is 0 Å². The van der Waals surface area contributed by atoms with E-state index in [0.717, 1.165) is 20.9 Å². The van der Waals surface area contributed by atoms with E-state index in [1.807, 2.05) is 54.6 Å². The zero-order valence-corrected chi connectivity index (χ0v) is 18.6. The molecule has 1 atom stereocenters. The van der Waals surface area contributed by atoms with Gasteiger partial charge >= 0.3 is 0 Å². The summed E-state index contributed by atoms with van der Waals surface area (Å²) >= 11 is 0. The summed E-state index contributed by atoms with van der Waals surface area (Å²) < 4.78 is 25.7. The number of benzene rings is 3. The number of hydrogen-bond donors (Lipinski definition) is 2. The van der Waals surface area contributed by atoms with Gasteiger partial charge in [-0.1, -0.05) is 42.5 Å². The highest BCUT2D eigenvalue weighted by Gasteiger charge is 2.21. The van der Waals surface area contributed by atoms with Gasteiger partial charge in [-0.2, -0.15) is 0 Å². The van der Waals surface area contributed by atoms with E-state index in [0.29, 0.717) is 17.8 Å². The highest BCUT2D eigenvalue weighted by molar-refractivity contribution is 7.89. The van der Waals surface area contributed by atoms with E-state index in [1.54, 1.807) is 0 Å². The molecule has 0 aliphatic heterocycles. The van der Waals surface area contributed by atoms with Crippen LogP contribution in [0.3, 0.4) is 0 Å². The lowest BCUT2D eigenvalue weighted by Gasteiger charge is -2.17. The Morgan fingerprint density at radius 3 is 2.28 bits per heavy atom. The van der Waals surface area contributed by atoms with Crippen LogP contribution < -0.4 is 5.32 Å². The number of amides is 1. The van der Waals surface area contributed by atoms with Gasteiger partial charge in [-0.15, -0.1) is 0 Å². The molecule has 0 bridgehead atoms. The molecule has 0 fully saturated rings. The molecule has 0 saturated carbocycles. The molecule has 0 saturated heterocycles. The number of carbonyl (C=O) groups is 1. The minimum absolute atomic E-state index is 0.136. The average Bonchev–Trinajstić information content (AvgIpc) is 3.23. The van der Waals surface area contributed by atoms with Gasteiger partial charge in [0, 0.05) is 19.7 Å². The van der Waals surface area contributed by atoms with Gasteiger partial charge in [0.15, 0.2) is 0 Å². The number of H-pyrrole nitrogens is 1. The lowest BCUT2D eigenvalue weighted by molar-refractivity contribution is 0.0934. The molecule has 0 aliphatic carbocycles. The SMILES string of the molecule is CN(C)S(=O)(=O)c1ccc(C(=O)N[C@@H](Cc2ccccc2)c2nc3ccccc3[nH]2)cc1. The third kappa shape index (κ3) is 4.56. The van der Waals surface area contributed by atoms with E-state index in [9.17, 15) is 13.2 Å². The summed E-state index contributed by atoms with van der Waals surface area (Å²) in [5, 5.41) is 3.05. The number of aromatic nitrogens is 2. The molecule has 1 amide bonds. The van der Waals surface area contributed by atoms with Gasteiger partial charge in [-0.3, -0.25) is 4.79 Å². The van der Waals surface area contributed by atoms with E-state index >= 15 is 0 Å². The van der Waals surface area contributed by atoms with Crippen molar-refractivity contribution in [3.05, 3.63) is 95.8 Å². The number of aromatic amines is 1. The number of nitrogens with zero attached hydrogens (tertiary/aromatic N) is 2. The first kappa shape index (κ1) is 21.7. The first-order chi connectivity index (χ1) is 15.3. The molecule has 32 heavy (non-hydrogen) atoms. The van der Waals surface area contributed by atoms with Crippen molar-refractivity contribution in [2.24, 2.45) is 0 Å². The van der Waals surface area contributed by atoms with Crippen molar-refractivity contribution < 1.29 is 13.2 Å². The maximum Gasteiger partial charge on any atom is 0.251 e. The third-order valence-electron chi connectivity index (χ3n) is 5.22. The van der Waals surface area contributed by atoms with Crippen LogP contribution in [0.5, 0.6) is 0 Å². The van der Waals surface area contributed by atoms with E-state index in [1.165, 1.54) is 38.4 Å². The highest BCUT2D eigenvalue weighted by Crippen LogP contribution is 2.21. The van der Waals surface area contributed by atoms with Crippen LogP contribution in [0.25, 0.3) is 11.0 Å². The van der Waals surface area contributed by atoms with Crippen molar-refractivity contribution in [1.29, 1.82) is 0 Å². The maximum absolute atomic E-state index is 13.0. The van der Waals surface area contributed by atoms with Crippen LogP contribution in [0.1, 0.15) is 27.8 Å². The van der Waals surface area contributed by atoms with Gasteiger partial charge in [0.25, 0.3) is 5.91 Å². The predicted octanol–water partition coefficient (Wildman–Crippen LogP) is 3.53. The Hall–Kier alpha value is -3.49. The topological polar surface area (TPSA) is 95.2 Å². The summed E-state index contributed by atoms with van der Waals surface area (Å²) in [6.07, 6.45) is 0.555. The molecule has 1 heterocycles. The number of carbonyl (C=O) groups excluding carboxylic acids is 1.